The van der Waals surface area contributed by atoms with Crippen LogP contribution in [0.5, 0.6) is 0 Å². The van der Waals surface area contributed by atoms with Crippen LogP contribution in [0.4, 0.5) is 0 Å². The molecule has 1 aromatic heterocycles. The second-order valence-corrected chi connectivity index (χ2v) is 4.53. The number of amides is 1. The van der Waals surface area contributed by atoms with Gasteiger partial charge >= 0.3 is 0 Å². The van der Waals surface area contributed by atoms with Gasteiger partial charge in [-0.25, -0.2) is 0 Å². The molecular weight excluding hydrogens is 226 g/mol. The summed E-state index contributed by atoms with van der Waals surface area (Å²) in [6.45, 7) is 5.48. The number of carbonyl (C=O) groups excluding carboxylic acids is 1. The summed E-state index contributed by atoms with van der Waals surface area (Å²) >= 11 is 0. The molecule has 0 unspecified atom stereocenters. The van der Waals surface area contributed by atoms with E-state index in [1.165, 1.54) is 5.56 Å². The molecule has 2 rings (SSSR count). The SMILES string of the molecule is CCCNC(=O)CCn1ncc2ccc(C)cc21. The Morgan fingerprint density at radius 1 is 1.44 bits per heavy atom. The zero-order valence-corrected chi connectivity index (χ0v) is 10.9. The number of aromatic nitrogens is 2. The van der Waals surface area contributed by atoms with E-state index >= 15 is 0 Å². The lowest BCUT2D eigenvalue weighted by atomic mass is 10.2. The van der Waals surface area contributed by atoms with Crippen molar-refractivity contribution in [3.05, 3.63) is 30.0 Å². The van der Waals surface area contributed by atoms with E-state index in [0.29, 0.717) is 13.0 Å². The van der Waals surface area contributed by atoms with Crippen LogP contribution in [0.25, 0.3) is 10.9 Å². The van der Waals surface area contributed by atoms with E-state index in [-0.39, 0.29) is 5.91 Å². The number of nitrogens with zero attached hydrogens (tertiary/aromatic N) is 2. The van der Waals surface area contributed by atoms with Gasteiger partial charge in [-0.1, -0.05) is 19.1 Å². The molecule has 0 aliphatic heterocycles. The van der Waals surface area contributed by atoms with Crippen LogP contribution in [0.15, 0.2) is 24.4 Å². The van der Waals surface area contributed by atoms with Gasteiger partial charge < -0.3 is 5.32 Å². The molecule has 0 aliphatic rings. The van der Waals surface area contributed by atoms with E-state index in [1.807, 2.05) is 17.8 Å². The van der Waals surface area contributed by atoms with Gasteiger partial charge in [-0.2, -0.15) is 5.10 Å². The quantitative estimate of drug-likeness (QED) is 0.878. The zero-order valence-electron chi connectivity index (χ0n) is 10.9. The summed E-state index contributed by atoms with van der Waals surface area (Å²) in [6.07, 6.45) is 3.29. The molecule has 4 nitrogen and oxygen atoms in total. The topological polar surface area (TPSA) is 46.9 Å². The first-order valence-electron chi connectivity index (χ1n) is 6.39. The van der Waals surface area contributed by atoms with Gasteiger partial charge in [-0.15, -0.1) is 0 Å². The first-order chi connectivity index (χ1) is 8.70. The van der Waals surface area contributed by atoms with Crippen molar-refractivity contribution in [3.63, 3.8) is 0 Å². The molecule has 0 saturated heterocycles. The lowest BCUT2D eigenvalue weighted by molar-refractivity contribution is -0.121. The summed E-state index contributed by atoms with van der Waals surface area (Å²) < 4.78 is 1.90. The molecular formula is C14H19N3O. The van der Waals surface area contributed by atoms with Crippen molar-refractivity contribution >= 4 is 16.8 Å². The number of fused-ring (bicyclic) bond motifs is 1. The van der Waals surface area contributed by atoms with E-state index < -0.39 is 0 Å². The second-order valence-electron chi connectivity index (χ2n) is 4.53. The van der Waals surface area contributed by atoms with Crippen molar-refractivity contribution in [3.8, 4) is 0 Å². The second kappa shape index (κ2) is 5.67. The molecule has 1 heterocycles. The Labute approximate surface area is 107 Å². The highest BCUT2D eigenvalue weighted by Gasteiger charge is 2.05. The highest BCUT2D eigenvalue weighted by atomic mass is 16.1. The van der Waals surface area contributed by atoms with Crippen LogP contribution < -0.4 is 5.32 Å². The minimum absolute atomic E-state index is 0.0909. The van der Waals surface area contributed by atoms with Crippen molar-refractivity contribution < 1.29 is 4.79 Å². The number of carbonyl (C=O) groups is 1. The lowest BCUT2D eigenvalue weighted by Crippen LogP contribution is -2.25. The maximum atomic E-state index is 11.5. The fourth-order valence-corrected chi connectivity index (χ4v) is 1.92. The summed E-state index contributed by atoms with van der Waals surface area (Å²) in [5.41, 5.74) is 2.30. The van der Waals surface area contributed by atoms with Crippen LogP contribution in [0.3, 0.4) is 0 Å². The monoisotopic (exact) mass is 245 g/mol. The van der Waals surface area contributed by atoms with Gasteiger partial charge in [-0.3, -0.25) is 9.48 Å². The molecule has 0 aliphatic carbocycles. The summed E-state index contributed by atoms with van der Waals surface area (Å²) in [7, 11) is 0. The average Bonchev–Trinajstić information content (AvgIpc) is 2.76. The van der Waals surface area contributed by atoms with Gasteiger partial charge in [0.1, 0.15) is 0 Å². The van der Waals surface area contributed by atoms with Crippen LogP contribution in [0, 0.1) is 6.92 Å². The van der Waals surface area contributed by atoms with Crippen LogP contribution in [0.2, 0.25) is 0 Å². The van der Waals surface area contributed by atoms with Crippen LogP contribution in [-0.2, 0) is 11.3 Å². The third kappa shape index (κ3) is 2.88. The molecule has 0 radical (unpaired) electrons. The van der Waals surface area contributed by atoms with E-state index in [0.717, 1.165) is 23.9 Å². The first-order valence-corrected chi connectivity index (χ1v) is 6.39. The maximum Gasteiger partial charge on any atom is 0.221 e. The molecule has 0 fully saturated rings. The van der Waals surface area contributed by atoms with Crippen molar-refractivity contribution in [1.29, 1.82) is 0 Å². The number of rotatable bonds is 5. The third-order valence-corrected chi connectivity index (χ3v) is 2.92. The highest BCUT2D eigenvalue weighted by molar-refractivity contribution is 5.80. The van der Waals surface area contributed by atoms with Gasteiger partial charge in [-0.05, 0) is 25.0 Å². The molecule has 0 spiro atoms. The van der Waals surface area contributed by atoms with Crippen LogP contribution >= 0.6 is 0 Å². The van der Waals surface area contributed by atoms with Gasteiger partial charge in [0.15, 0.2) is 0 Å². The van der Waals surface area contributed by atoms with Gasteiger partial charge in [0.25, 0.3) is 0 Å². The number of hydrogen-bond donors (Lipinski definition) is 1. The van der Waals surface area contributed by atoms with Crippen molar-refractivity contribution in [2.24, 2.45) is 0 Å². The van der Waals surface area contributed by atoms with Crippen molar-refractivity contribution in [2.45, 2.75) is 33.2 Å². The Bertz CT molecular complexity index is 545. The Balaban J connectivity index is 2.03. The smallest absolute Gasteiger partial charge is 0.221 e. The Morgan fingerprint density at radius 2 is 2.28 bits per heavy atom. The summed E-state index contributed by atoms with van der Waals surface area (Å²) in [5.74, 6) is 0.0909. The van der Waals surface area contributed by atoms with Crippen molar-refractivity contribution in [1.82, 2.24) is 15.1 Å². The largest absolute Gasteiger partial charge is 0.356 e. The number of aryl methyl sites for hydroxylation is 2. The summed E-state index contributed by atoms with van der Waals surface area (Å²) in [4.78, 5) is 11.5. The van der Waals surface area contributed by atoms with E-state index in [1.54, 1.807) is 0 Å². The number of hydrogen-bond acceptors (Lipinski definition) is 2. The predicted octanol–water partition coefficient (Wildman–Crippen LogP) is 2.26. The fraction of sp³-hybridized carbons (Fsp3) is 0.429. The molecule has 1 N–H and O–H groups in total. The zero-order chi connectivity index (χ0) is 13.0. The molecule has 18 heavy (non-hydrogen) atoms. The maximum absolute atomic E-state index is 11.5. The third-order valence-electron chi connectivity index (χ3n) is 2.92. The Morgan fingerprint density at radius 3 is 3.06 bits per heavy atom. The predicted molar refractivity (Wildman–Crippen MR) is 72.4 cm³/mol. The summed E-state index contributed by atoms with van der Waals surface area (Å²) in [5, 5.41) is 8.32. The molecule has 4 heteroatoms. The van der Waals surface area contributed by atoms with Gasteiger partial charge in [0, 0.05) is 18.4 Å². The standard InChI is InChI=1S/C14H19N3O/c1-3-7-15-14(18)6-8-17-13-9-11(2)4-5-12(13)10-16-17/h4-5,9-10H,3,6-8H2,1-2H3,(H,15,18). The molecule has 1 amide bonds. The number of nitrogens with one attached hydrogen (secondary N) is 1. The molecule has 0 saturated carbocycles. The van der Waals surface area contributed by atoms with Crippen LogP contribution in [-0.4, -0.2) is 22.2 Å². The first kappa shape index (κ1) is 12.6. The van der Waals surface area contributed by atoms with Crippen molar-refractivity contribution in [2.75, 3.05) is 6.54 Å². The molecule has 0 atom stereocenters. The highest BCUT2D eigenvalue weighted by Crippen LogP contribution is 2.15. The Kier molecular flexibility index (Phi) is 3.97. The molecule has 1 aromatic carbocycles. The molecule has 2 aromatic rings. The van der Waals surface area contributed by atoms with E-state index in [4.69, 9.17) is 0 Å². The van der Waals surface area contributed by atoms with Gasteiger partial charge in [0.2, 0.25) is 5.91 Å². The minimum atomic E-state index is 0.0909. The minimum Gasteiger partial charge on any atom is -0.356 e. The Hall–Kier alpha value is -1.84. The number of benzene rings is 1. The summed E-state index contributed by atoms with van der Waals surface area (Å²) in [6, 6.07) is 6.24. The molecule has 0 bridgehead atoms. The lowest BCUT2D eigenvalue weighted by Gasteiger charge is -2.05. The van der Waals surface area contributed by atoms with Gasteiger partial charge in [0.05, 0.1) is 18.3 Å². The fourth-order valence-electron chi connectivity index (χ4n) is 1.92. The van der Waals surface area contributed by atoms with E-state index in [9.17, 15) is 4.79 Å². The normalized spacial score (nSPS) is 10.8. The van der Waals surface area contributed by atoms with E-state index in [2.05, 4.69) is 35.5 Å². The average molecular weight is 245 g/mol. The van der Waals surface area contributed by atoms with Crippen LogP contribution in [0.1, 0.15) is 25.3 Å². The molecule has 96 valence electrons.